The monoisotopic (exact) mass is 592 g/mol. The van der Waals surface area contributed by atoms with Crippen molar-refractivity contribution in [1.29, 1.82) is 0 Å². The molecule has 3 aromatic heterocycles. The molecule has 4 aromatic rings. The Bertz CT molecular complexity index is 1410. The highest BCUT2D eigenvalue weighted by Gasteiger charge is 2.25. The first-order chi connectivity index (χ1) is 20.0. The number of aromatic nitrogens is 5. The van der Waals surface area contributed by atoms with Crippen LogP contribution in [-0.4, -0.2) is 43.0 Å². The molecule has 0 bridgehead atoms. The summed E-state index contributed by atoms with van der Waals surface area (Å²) in [4.78, 5) is 31.5. The molecule has 5 rings (SSSR count). The fourth-order valence-corrected chi connectivity index (χ4v) is 5.57. The molecule has 9 nitrogen and oxygen atoms in total. The Morgan fingerprint density at radius 3 is 2.68 bits per heavy atom. The van der Waals surface area contributed by atoms with Crippen LogP contribution in [0.1, 0.15) is 49.8 Å². The third-order valence-corrected chi connectivity index (χ3v) is 7.86. The van der Waals surface area contributed by atoms with Gasteiger partial charge in [-0.05, 0) is 42.2 Å². The van der Waals surface area contributed by atoms with E-state index in [1.807, 2.05) is 41.1 Å². The molecule has 0 aliphatic heterocycles. The number of anilines is 2. The van der Waals surface area contributed by atoms with E-state index in [0.717, 1.165) is 30.5 Å². The number of nitrogens with one attached hydrogen (secondary N) is 3. The van der Waals surface area contributed by atoms with E-state index in [4.69, 9.17) is 28.2 Å². The first-order valence-corrected chi connectivity index (χ1v) is 14.8. The molecule has 3 heterocycles. The zero-order chi connectivity index (χ0) is 28.4. The molecule has 0 radical (unpaired) electrons. The van der Waals surface area contributed by atoms with Gasteiger partial charge in [0, 0.05) is 59.9 Å². The molecule has 1 saturated carbocycles. The average Bonchev–Trinajstić information content (AvgIpc) is 3.53. The number of hydrogen-bond acceptors (Lipinski definition) is 7. The van der Waals surface area contributed by atoms with Gasteiger partial charge in [0.25, 0.3) is 0 Å². The van der Waals surface area contributed by atoms with Crippen molar-refractivity contribution in [2.24, 2.45) is 5.92 Å². The summed E-state index contributed by atoms with van der Waals surface area (Å²) in [6, 6.07) is 12.5. The fourth-order valence-electron chi connectivity index (χ4n) is 5.10. The largest absolute Gasteiger partial charge is 0.358 e. The minimum absolute atomic E-state index is 0.103. The number of nitrogens with zero attached hydrogens (tertiary/aromatic N) is 5. The molecular weight excluding hydrogens is 559 g/mol. The average molecular weight is 594 g/mol. The Kier molecular flexibility index (Phi) is 10.0. The smallest absolute Gasteiger partial charge is 0.242 e. The highest BCUT2D eigenvalue weighted by Crippen LogP contribution is 2.29. The molecule has 0 unspecified atom stereocenters. The number of imidazole rings is 1. The predicted octanol–water partition coefficient (Wildman–Crippen LogP) is 6.09. The molecule has 3 N–H and O–H groups in total. The van der Waals surface area contributed by atoms with Crippen LogP contribution in [0.5, 0.6) is 0 Å². The van der Waals surface area contributed by atoms with Crippen molar-refractivity contribution >= 4 is 40.9 Å². The molecule has 0 spiro atoms. The van der Waals surface area contributed by atoms with Crippen molar-refractivity contribution < 1.29 is 4.79 Å². The highest BCUT2D eigenvalue weighted by molar-refractivity contribution is 6.35. The summed E-state index contributed by atoms with van der Waals surface area (Å²) in [6.45, 7) is 0.916. The second kappa shape index (κ2) is 14.3. The van der Waals surface area contributed by atoms with Crippen LogP contribution >= 0.6 is 23.2 Å². The molecule has 1 fully saturated rings. The summed E-state index contributed by atoms with van der Waals surface area (Å²) in [5.74, 6) is 2.03. The Morgan fingerprint density at radius 2 is 1.93 bits per heavy atom. The predicted molar refractivity (Wildman–Crippen MR) is 162 cm³/mol. The SMILES string of the molecule is O=C(NCc1ccc(Cl)cc1Cl)[C@@H](CC1CCCCC1)Nc1cc(-n2ccnc2)nc(NCCc2ccccn2)n1. The summed E-state index contributed by atoms with van der Waals surface area (Å²) in [5.41, 5.74) is 1.79. The van der Waals surface area contributed by atoms with Crippen LogP contribution in [0.25, 0.3) is 5.82 Å². The second-order valence-electron chi connectivity index (χ2n) is 10.3. The molecule has 1 amide bonds. The zero-order valence-corrected chi connectivity index (χ0v) is 24.3. The van der Waals surface area contributed by atoms with Crippen LogP contribution in [0.15, 0.2) is 67.4 Å². The van der Waals surface area contributed by atoms with Gasteiger partial charge in [-0.15, -0.1) is 0 Å². The molecule has 11 heteroatoms. The lowest BCUT2D eigenvalue weighted by Gasteiger charge is -2.27. The number of benzene rings is 1. The Morgan fingerprint density at radius 1 is 1.05 bits per heavy atom. The molecule has 1 atom stereocenters. The Balaban J connectivity index is 1.34. The van der Waals surface area contributed by atoms with E-state index in [9.17, 15) is 4.79 Å². The van der Waals surface area contributed by atoms with E-state index in [2.05, 4.69) is 30.9 Å². The van der Waals surface area contributed by atoms with Gasteiger partial charge in [0.05, 0.1) is 0 Å². The third kappa shape index (κ3) is 8.41. The quantitative estimate of drug-likeness (QED) is 0.183. The van der Waals surface area contributed by atoms with Crippen LogP contribution in [0.2, 0.25) is 10.0 Å². The Hall–Kier alpha value is -3.69. The van der Waals surface area contributed by atoms with E-state index < -0.39 is 6.04 Å². The number of hydrogen-bond donors (Lipinski definition) is 3. The molecule has 214 valence electrons. The maximum Gasteiger partial charge on any atom is 0.242 e. The fraction of sp³-hybridized carbons (Fsp3) is 0.367. The van der Waals surface area contributed by atoms with Crippen LogP contribution in [0.4, 0.5) is 11.8 Å². The van der Waals surface area contributed by atoms with Crippen molar-refractivity contribution in [3.05, 3.63) is 88.7 Å². The van der Waals surface area contributed by atoms with Crippen LogP contribution in [0.3, 0.4) is 0 Å². The van der Waals surface area contributed by atoms with E-state index in [1.54, 1.807) is 30.9 Å². The van der Waals surface area contributed by atoms with Crippen LogP contribution in [-0.2, 0) is 17.8 Å². The summed E-state index contributed by atoms with van der Waals surface area (Å²) < 4.78 is 1.82. The van der Waals surface area contributed by atoms with Gasteiger partial charge in [0.15, 0.2) is 0 Å². The van der Waals surface area contributed by atoms with Crippen molar-refractivity contribution in [3.8, 4) is 5.82 Å². The van der Waals surface area contributed by atoms with E-state index in [-0.39, 0.29) is 5.91 Å². The molecule has 1 aliphatic carbocycles. The lowest BCUT2D eigenvalue weighted by atomic mass is 9.84. The van der Waals surface area contributed by atoms with E-state index in [0.29, 0.717) is 53.1 Å². The minimum Gasteiger partial charge on any atom is -0.358 e. The van der Waals surface area contributed by atoms with E-state index in [1.165, 1.54) is 19.3 Å². The number of rotatable bonds is 12. The first-order valence-electron chi connectivity index (χ1n) is 14.0. The summed E-state index contributed by atoms with van der Waals surface area (Å²) in [5, 5.41) is 10.9. The molecule has 0 saturated heterocycles. The standard InChI is InChI=1S/C30H34Cl2N8O/c31-23-10-9-22(25(32)17-23)19-36-29(41)26(16-21-6-2-1-3-7-21)37-27-18-28(40-15-14-33-20-40)39-30(38-27)35-13-11-24-8-4-5-12-34-24/h4-5,8-10,12,14-15,17-18,20-21,26H,1-3,6-7,11,13,16,19H2,(H,36,41)(H2,35,37,38,39)/t26-/m1/s1. The first kappa shape index (κ1) is 28.8. The maximum absolute atomic E-state index is 13.6. The number of pyridine rings is 1. The van der Waals surface area contributed by atoms with Gasteiger partial charge in [0.2, 0.25) is 11.9 Å². The van der Waals surface area contributed by atoms with E-state index >= 15 is 0 Å². The third-order valence-electron chi connectivity index (χ3n) is 7.27. The molecule has 1 aliphatic rings. The van der Waals surface area contributed by atoms with Gasteiger partial charge in [-0.25, -0.2) is 4.98 Å². The zero-order valence-electron chi connectivity index (χ0n) is 22.8. The molecular formula is C30H34Cl2N8O. The second-order valence-corrected chi connectivity index (χ2v) is 11.1. The van der Waals surface area contributed by atoms with Gasteiger partial charge in [-0.3, -0.25) is 14.3 Å². The van der Waals surface area contributed by atoms with Gasteiger partial charge in [-0.2, -0.15) is 9.97 Å². The van der Waals surface area contributed by atoms with Gasteiger partial charge < -0.3 is 16.0 Å². The minimum atomic E-state index is -0.476. The van der Waals surface area contributed by atoms with Crippen molar-refractivity contribution in [2.75, 3.05) is 17.2 Å². The summed E-state index contributed by atoms with van der Waals surface area (Å²) >= 11 is 12.4. The normalized spacial score (nSPS) is 14.4. The number of halogens is 2. The number of amides is 1. The van der Waals surface area contributed by atoms with Crippen LogP contribution < -0.4 is 16.0 Å². The van der Waals surface area contributed by atoms with Gasteiger partial charge in [-0.1, -0.05) is 67.4 Å². The maximum atomic E-state index is 13.6. The van der Waals surface area contributed by atoms with Crippen molar-refractivity contribution in [3.63, 3.8) is 0 Å². The summed E-state index contributed by atoms with van der Waals surface area (Å²) in [7, 11) is 0. The van der Waals surface area contributed by atoms with Crippen molar-refractivity contribution in [2.45, 2.75) is 57.5 Å². The summed E-state index contributed by atoms with van der Waals surface area (Å²) in [6.07, 6.45) is 14.3. The Labute approximate surface area is 250 Å². The molecule has 1 aromatic carbocycles. The van der Waals surface area contributed by atoms with Crippen LogP contribution in [0, 0.1) is 5.92 Å². The topological polar surface area (TPSA) is 110 Å². The number of carbonyl (C=O) groups excluding carboxylic acids is 1. The van der Waals surface area contributed by atoms with Gasteiger partial charge >= 0.3 is 0 Å². The lowest BCUT2D eigenvalue weighted by molar-refractivity contribution is -0.122. The van der Waals surface area contributed by atoms with Crippen molar-refractivity contribution in [1.82, 2.24) is 29.8 Å². The number of carbonyl (C=O) groups is 1. The lowest BCUT2D eigenvalue weighted by Crippen LogP contribution is -2.41. The molecule has 41 heavy (non-hydrogen) atoms. The van der Waals surface area contributed by atoms with Gasteiger partial charge in [0.1, 0.15) is 24.0 Å². The highest BCUT2D eigenvalue weighted by atomic mass is 35.5.